The first-order valence-electron chi connectivity index (χ1n) is 7.28. The molecule has 0 spiro atoms. The molecule has 0 bridgehead atoms. The average molecular weight is 259 g/mol. The highest BCUT2D eigenvalue weighted by molar-refractivity contribution is 5.74. The fourth-order valence-corrected chi connectivity index (χ4v) is 2.01. The predicted octanol–water partition coefficient (Wildman–Crippen LogP) is 4.31. The van der Waals surface area contributed by atoms with E-state index in [1.807, 2.05) is 6.08 Å². The maximum Gasteiger partial charge on any atom is 0.142 e. The summed E-state index contributed by atoms with van der Waals surface area (Å²) in [6, 6.07) is 8.44. The number of hydrogen-bond donors (Lipinski definition) is 0. The van der Waals surface area contributed by atoms with Gasteiger partial charge >= 0.3 is 0 Å². The van der Waals surface area contributed by atoms with Crippen LogP contribution in [0.25, 0.3) is 6.08 Å². The second-order valence-electron chi connectivity index (χ2n) is 4.78. The highest BCUT2D eigenvalue weighted by atomic mass is 16.1. The largest absolute Gasteiger partial charge is 0.372 e. The van der Waals surface area contributed by atoms with Gasteiger partial charge < -0.3 is 4.90 Å². The van der Waals surface area contributed by atoms with Gasteiger partial charge in [-0.05, 0) is 36.6 Å². The van der Waals surface area contributed by atoms with Gasteiger partial charge in [0.15, 0.2) is 0 Å². The van der Waals surface area contributed by atoms with Gasteiger partial charge in [-0.3, -0.25) is 4.79 Å². The Balaban J connectivity index is 2.71. The Labute approximate surface area is 117 Å². The molecule has 19 heavy (non-hydrogen) atoms. The molecular formula is C17H25NO. The molecule has 1 rings (SSSR count). The first-order valence-corrected chi connectivity index (χ1v) is 7.28. The van der Waals surface area contributed by atoms with Crippen molar-refractivity contribution in [1.82, 2.24) is 0 Å². The number of carbonyl (C=O) groups is 1. The van der Waals surface area contributed by atoms with E-state index in [4.69, 9.17) is 0 Å². The van der Waals surface area contributed by atoms with Crippen LogP contribution in [0.5, 0.6) is 0 Å². The molecule has 1 aromatic carbocycles. The fourth-order valence-electron chi connectivity index (χ4n) is 2.01. The number of aldehydes is 1. The lowest BCUT2D eigenvalue weighted by atomic mass is 10.1. The maximum atomic E-state index is 10.3. The van der Waals surface area contributed by atoms with Crippen LogP contribution in [0.4, 0.5) is 5.69 Å². The van der Waals surface area contributed by atoms with Crippen molar-refractivity contribution in [3.63, 3.8) is 0 Å². The zero-order valence-electron chi connectivity index (χ0n) is 12.1. The number of hydrogen-bond acceptors (Lipinski definition) is 2. The first-order chi connectivity index (χ1) is 9.31. The van der Waals surface area contributed by atoms with E-state index in [-0.39, 0.29) is 0 Å². The third-order valence-corrected chi connectivity index (χ3v) is 3.19. The monoisotopic (exact) mass is 259 g/mol. The van der Waals surface area contributed by atoms with Crippen molar-refractivity contribution in [3.8, 4) is 0 Å². The van der Waals surface area contributed by atoms with Gasteiger partial charge in [0, 0.05) is 18.8 Å². The molecule has 0 unspecified atom stereocenters. The van der Waals surface area contributed by atoms with Gasteiger partial charge in [-0.1, -0.05) is 44.9 Å². The summed E-state index contributed by atoms with van der Waals surface area (Å²) in [6.07, 6.45) is 9.08. The topological polar surface area (TPSA) is 20.3 Å². The zero-order valence-corrected chi connectivity index (χ0v) is 12.1. The van der Waals surface area contributed by atoms with Crippen molar-refractivity contribution >= 4 is 18.0 Å². The van der Waals surface area contributed by atoms with Crippen LogP contribution in [0.2, 0.25) is 0 Å². The third-order valence-electron chi connectivity index (χ3n) is 3.19. The van der Waals surface area contributed by atoms with Crippen molar-refractivity contribution in [2.45, 2.75) is 39.5 Å². The molecule has 0 aliphatic carbocycles. The Morgan fingerprint density at radius 1 is 1.00 bits per heavy atom. The van der Waals surface area contributed by atoms with Gasteiger partial charge in [0.05, 0.1) is 0 Å². The van der Waals surface area contributed by atoms with Crippen molar-refractivity contribution < 1.29 is 4.79 Å². The van der Waals surface area contributed by atoms with E-state index < -0.39 is 0 Å². The van der Waals surface area contributed by atoms with Crippen LogP contribution in [0, 0.1) is 0 Å². The lowest BCUT2D eigenvalue weighted by Gasteiger charge is -2.24. The molecular weight excluding hydrogens is 234 g/mol. The summed E-state index contributed by atoms with van der Waals surface area (Å²) in [6.45, 7) is 6.71. The van der Waals surface area contributed by atoms with Gasteiger partial charge in [0.2, 0.25) is 0 Å². The number of unbranched alkanes of at least 4 members (excludes halogenated alkanes) is 2. The molecule has 0 heterocycles. The number of nitrogens with zero attached hydrogens (tertiary/aromatic N) is 1. The summed E-state index contributed by atoms with van der Waals surface area (Å²) in [5.74, 6) is 0. The van der Waals surface area contributed by atoms with Gasteiger partial charge in [-0.15, -0.1) is 0 Å². The van der Waals surface area contributed by atoms with Crippen molar-refractivity contribution in [3.05, 3.63) is 35.9 Å². The normalized spacial score (nSPS) is 10.8. The Bertz CT molecular complexity index is 373. The highest BCUT2D eigenvalue weighted by Gasteiger charge is 2.04. The molecule has 0 aliphatic rings. The summed E-state index contributed by atoms with van der Waals surface area (Å²) in [5.41, 5.74) is 2.35. The average Bonchev–Trinajstić information content (AvgIpc) is 2.46. The lowest BCUT2D eigenvalue weighted by molar-refractivity contribution is -0.104. The van der Waals surface area contributed by atoms with Gasteiger partial charge in [0.1, 0.15) is 6.29 Å². The Morgan fingerprint density at radius 2 is 1.58 bits per heavy atom. The predicted molar refractivity (Wildman–Crippen MR) is 83.6 cm³/mol. The van der Waals surface area contributed by atoms with E-state index >= 15 is 0 Å². The minimum atomic E-state index is 0.808. The molecule has 2 nitrogen and oxygen atoms in total. The number of allylic oxidation sites excluding steroid dienone is 1. The van der Waals surface area contributed by atoms with Crippen molar-refractivity contribution in [2.24, 2.45) is 0 Å². The van der Waals surface area contributed by atoms with E-state index in [1.54, 1.807) is 0 Å². The van der Waals surface area contributed by atoms with Gasteiger partial charge in [-0.2, -0.15) is 0 Å². The molecule has 104 valence electrons. The van der Waals surface area contributed by atoms with E-state index in [0.29, 0.717) is 0 Å². The second kappa shape index (κ2) is 9.37. The molecule has 0 aliphatic heterocycles. The van der Waals surface area contributed by atoms with E-state index in [0.717, 1.165) is 24.9 Å². The molecule has 0 saturated heterocycles. The molecule has 0 saturated carbocycles. The zero-order chi connectivity index (χ0) is 13.9. The fraction of sp³-hybridized carbons (Fsp3) is 0.471. The van der Waals surface area contributed by atoms with Crippen molar-refractivity contribution in [2.75, 3.05) is 18.0 Å². The summed E-state index contributed by atoms with van der Waals surface area (Å²) in [4.78, 5) is 12.8. The Hall–Kier alpha value is -1.57. The molecule has 0 atom stereocenters. The smallest absolute Gasteiger partial charge is 0.142 e. The van der Waals surface area contributed by atoms with Crippen LogP contribution < -0.4 is 4.90 Å². The Kier molecular flexibility index (Phi) is 7.64. The van der Waals surface area contributed by atoms with E-state index in [2.05, 4.69) is 43.0 Å². The molecule has 2 heteroatoms. The summed E-state index contributed by atoms with van der Waals surface area (Å²) in [5, 5.41) is 0. The molecule has 0 aromatic heterocycles. The quantitative estimate of drug-likeness (QED) is 0.486. The van der Waals surface area contributed by atoms with Crippen LogP contribution in [0.1, 0.15) is 45.1 Å². The van der Waals surface area contributed by atoms with Gasteiger partial charge in [0.25, 0.3) is 0 Å². The molecule has 1 aromatic rings. The van der Waals surface area contributed by atoms with Crippen LogP contribution >= 0.6 is 0 Å². The summed E-state index contributed by atoms with van der Waals surface area (Å²) in [7, 11) is 0. The summed E-state index contributed by atoms with van der Waals surface area (Å²) >= 11 is 0. The van der Waals surface area contributed by atoms with E-state index in [1.165, 1.54) is 37.4 Å². The molecule has 0 amide bonds. The number of anilines is 1. The van der Waals surface area contributed by atoms with E-state index in [9.17, 15) is 4.79 Å². The standard InChI is InChI=1S/C17H25NO/c1-3-5-13-18(14-6-4-2)17-11-9-16(10-12-17)8-7-15-19/h7-12,15H,3-6,13-14H2,1-2H3/b8-7+. The minimum absolute atomic E-state index is 0.808. The molecule has 0 N–H and O–H groups in total. The van der Waals surface area contributed by atoms with Crippen LogP contribution in [0.3, 0.4) is 0 Å². The van der Waals surface area contributed by atoms with Crippen molar-refractivity contribution in [1.29, 1.82) is 0 Å². The first kappa shape index (κ1) is 15.5. The van der Waals surface area contributed by atoms with Crippen LogP contribution in [0.15, 0.2) is 30.3 Å². The highest BCUT2D eigenvalue weighted by Crippen LogP contribution is 2.17. The second-order valence-corrected chi connectivity index (χ2v) is 4.78. The SMILES string of the molecule is CCCCN(CCCC)c1ccc(/C=C/C=O)cc1. The summed E-state index contributed by atoms with van der Waals surface area (Å²) < 4.78 is 0. The molecule has 0 fully saturated rings. The van der Waals surface area contributed by atoms with Crippen LogP contribution in [-0.4, -0.2) is 19.4 Å². The third kappa shape index (κ3) is 5.73. The lowest BCUT2D eigenvalue weighted by Crippen LogP contribution is -2.25. The number of rotatable bonds is 9. The number of benzene rings is 1. The maximum absolute atomic E-state index is 10.3. The van der Waals surface area contributed by atoms with Gasteiger partial charge in [-0.25, -0.2) is 0 Å². The minimum Gasteiger partial charge on any atom is -0.372 e. The molecule has 0 radical (unpaired) electrons. The number of carbonyl (C=O) groups excluding carboxylic acids is 1. The van der Waals surface area contributed by atoms with Crippen LogP contribution in [-0.2, 0) is 4.79 Å². The Morgan fingerprint density at radius 3 is 2.05 bits per heavy atom.